The first-order valence-electron chi connectivity index (χ1n) is 9.87. The van der Waals surface area contributed by atoms with Gasteiger partial charge in [-0.25, -0.2) is 28.4 Å². The lowest BCUT2D eigenvalue weighted by Gasteiger charge is -2.39. The normalized spacial score (nSPS) is 18.7. The zero-order valence-corrected chi connectivity index (χ0v) is 16.4. The number of fused-ring (bicyclic) bond motifs is 1. The van der Waals surface area contributed by atoms with Gasteiger partial charge in [0.25, 0.3) is 5.92 Å². The summed E-state index contributed by atoms with van der Waals surface area (Å²) in [6, 6.07) is 4.98. The van der Waals surface area contributed by atoms with E-state index < -0.39 is 11.3 Å². The average Bonchev–Trinajstić information content (AvgIpc) is 3.46. The SMILES string of the molecule is N#Cc1ccc(NC(=O)Cn2ncc3ncc(N4CCC5(CC5)C(F)(F)C4)nc32)cn1. The van der Waals surface area contributed by atoms with Gasteiger partial charge in [0.1, 0.15) is 29.6 Å². The van der Waals surface area contributed by atoms with Gasteiger partial charge >= 0.3 is 0 Å². The van der Waals surface area contributed by atoms with E-state index >= 15 is 0 Å². The maximum Gasteiger partial charge on any atom is 0.270 e. The summed E-state index contributed by atoms with van der Waals surface area (Å²) >= 11 is 0. The van der Waals surface area contributed by atoms with Crippen LogP contribution in [0.25, 0.3) is 11.2 Å². The minimum Gasteiger partial charge on any atom is -0.349 e. The molecule has 2 aliphatic rings. The molecule has 158 valence electrons. The topological polar surface area (TPSA) is 113 Å². The van der Waals surface area contributed by atoms with Gasteiger partial charge in [0, 0.05) is 12.0 Å². The Morgan fingerprint density at radius 3 is 2.71 bits per heavy atom. The first-order chi connectivity index (χ1) is 14.9. The number of aromatic nitrogens is 5. The van der Waals surface area contributed by atoms with Crippen LogP contribution < -0.4 is 10.2 Å². The van der Waals surface area contributed by atoms with Crippen molar-refractivity contribution in [1.29, 1.82) is 5.26 Å². The van der Waals surface area contributed by atoms with Crippen LogP contribution in [0.1, 0.15) is 25.0 Å². The van der Waals surface area contributed by atoms with Gasteiger partial charge in [0.05, 0.1) is 30.8 Å². The second-order valence-corrected chi connectivity index (χ2v) is 7.99. The van der Waals surface area contributed by atoms with Crippen molar-refractivity contribution in [3.63, 3.8) is 0 Å². The van der Waals surface area contributed by atoms with Crippen LogP contribution in [0.5, 0.6) is 0 Å². The summed E-state index contributed by atoms with van der Waals surface area (Å²) in [6.45, 7) is -0.0233. The number of pyridine rings is 1. The molecule has 1 aliphatic heterocycles. The highest BCUT2D eigenvalue weighted by Gasteiger charge is 2.63. The minimum absolute atomic E-state index is 0.138. The fourth-order valence-electron chi connectivity index (χ4n) is 3.96. The lowest BCUT2D eigenvalue weighted by Crippen LogP contribution is -2.50. The van der Waals surface area contributed by atoms with Crippen molar-refractivity contribution in [3.05, 3.63) is 36.4 Å². The molecule has 0 radical (unpaired) electrons. The largest absolute Gasteiger partial charge is 0.349 e. The zero-order valence-electron chi connectivity index (χ0n) is 16.4. The molecule has 0 aromatic carbocycles. The summed E-state index contributed by atoms with van der Waals surface area (Å²) in [7, 11) is 0. The maximum absolute atomic E-state index is 14.6. The van der Waals surface area contributed by atoms with Gasteiger partial charge in [0.2, 0.25) is 5.91 Å². The van der Waals surface area contributed by atoms with Crippen molar-refractivity contribution in [2.24, 2.45) is 5.41 Å². The standard InChI is InChI=1S/C20H18F2N8O/c21-20(22)12-29(6-5-19(20)3-4-19)16-10-25-15-9-26-30(18(15)28-16)11-17(31)27-14-2-1-13(7-23)24-8-14/h1-2,8-10H,3-6,11-12H2,(H,27,31). The molecular formula is C20H18F2N8O. The van der Waals surface area contributed by atoms with Crippen LogP contribution in [-0.4, -0.2) is 49.7 Å². The number of hydrogen-bond acceptors (Lipinski definition) is 7. The third-order valence-corrected chi connectivity index (χ3v) is 5.99. The van der Waals surface area contributed by atoms with Gasteiger partial charge in [-0.1, -0.05) is 0 Å². The first-order valence-corrected chi connectivity index (χ1v) is 9.87. The summed E-state index contributed by atoms with van der Waals surface area (Å²) in [6.07, 6.45) is 5.92. The van der Waals surface area contributed by atoms with E-state index in [1.54, 1.807) is 11.0 Å². The summed E-state index contributed by atoms with van der Waals surface area (Å²) in [5.74, 6) is -2.78. The second kappa shape index (κ2) is 6.94. The van der Waals surface area contributed by atoms with Gasteiger partial charge in [-0.15, -0.1) is 0 Å². The van der Waals surface area contributed by atoms with Crippen molar-refractivity contribution < 1.29 is 13.6 Å². The van der Waals surface area contributed by atoms with Gasteiger partial charge < -0.3 is 10.2 Å². The molecule has 1 amide bonds. The maximum atomic E-state index is 14.6. The molecule has 1 saturated carbocycles. The molecule has 31 heavy (non-hydrogen) atoms. The summed E-state index contributed by atoms with van der Waals surface area (Å²) in [4.78, 5) is 26.6. The number of hydrogen-bond donors (Lipinski definition) is 1. The van der Waals surface area contributed by atoms with Crippen molar-refractivity contribution in [2.45, 2.75) is 31.7 Å². The quantitative estimate of drug-likeness (QED) is 0.684. The number of alkyl halides is 2. The number of rotatable bonds is 4. The zero-order chi connectivity index (χ0) is 21.6. The molecule has 1 aliphatic carbocycles. The van der Waals surface area contributed by atoms with Crippen LogP contribution in [0.15, 0.2) is 30.7 Å². The number of piperidine rings is 1. The molecule has 1 N–H and O–H groups in total. The lowest BCUT2D eigenvalue weighted by molar-refractivity contribution is -0.116. The number of amides is 1. The first kappa shape index (κ1) is 19.3. The molecule has 5 rings (SSSR count). The third-order valence-electron chi connectivity index (χ3n) is 5.99. The number of nitrogens with one attached hydrogen (secondary N) is 1. The Kier molecular flexibility index (Phi) is 4.32. The molecule has 0 unspecified atom stereocenters. The van der Waals surface area contributed by atoms with Crippen LogP contribution in [0.3, 0.4) is 0 Å². The summed E-state index contributed by atoms with van der Waals surface area (Å²) in [5, 5.41) is 15.6. The number of carbonyl (C=O) groups excluding carboxylic acids is 1. The van der Waals surface area contributed by atoms with E-state index in [0.717, 1.165) is 0 Å². The van der Waals surface area contributed by atoms with Crippen molar-refractivity contribution in [3.8, 4) is 6.07 Å². The van der Waals surface area contributed by atoms with Gasteiger partial charge in [0.15, 0.2) is 5.65 Å². The summed E-state index contributed by atoms with van der Waals surface area (Å²) < 4.78 is 30.5. The molecule has 4 heterocycles. The Bertz CT molecular complexity index is 1200. The molecule has 1 saturated heterocycles. The molecule has 9 nitrogen and oxygen atoms in total. The predicted molar refractivity (Wildman–Crippen MR) is 106 cm³/mol. The van der Waals surface area contributed by atoms with Crippen LogP contribution in [0, 0.1) is 16.7 Å². The number of anilines is 2. The third kappa shape index (κ3) is 3.43. The van der Waals surface area contributed by atoms with E-state index in [1.807, 2.05) is 6.07 Å². The van der Waals surface area contributed by atoms with E-state index in [2.05, 4.69) is 25.4 Å². The van der Waals surface area contributed by atoms with Crippen LogP contribution >= 0.6 is 0 Å². The van der Waals surface area contributed by atoms with Gasteiger partial charge in [-0.05, 0) is 31.4 Å². The monoisotopic (exact) mass is 424 g/mol. The Balaban J connectivity index is 1.33. The van der Waals surface area contributed by atoms with E-state index in [4.69, 9.17) is 5.26 Å². The highest BCUT2D eigenvalue weighted by molar-refractivity contribution is 5.91. The van der Waals surface area contributed by atoms with E-state index in [0.29, 0.717) is 48.5 Å². The van der Waals surface area contributed by atoms with E-state index in [-0.39, 0.29) is 24.7 Å². The van der Waals surface area contributed by atoms with Crippen molar-refractivity contribution in [1.82, 2.24) is 24.7 Å². The van der Waals surface area contributed by atoms with E-state index in [9.17, 15) is 13.6 Å². The van der Waals surface area contributed by atoms with Gasteiger partial charge in [-0.2, -0.15) is 10.4 Å². The fraction of sp³-hybridized carbons (Fsp3) is 0.400. The minimum atomic E-state index is -2.75. The Morgan fingerprint density at radius 1 is 1.19 bits per heavy atom. The number of nitriles is 1. The predicted octanol–water partition coefficient (Wildman–Crippen LogP) is 2.36. The van der Waals surface area contributed by atoms with Crippen molar-refractivity contribution in [2.75, 3.05) is 23.3 Å². The highest BCUT2D eigenvalue weighted by atomic mass is 19.3. The average molecular weight is 424 g/mol. The van der Waals surface area contributed by atoms with Crippen LogP contribution in [0.2, 0.25) is 0 Å². The molecule has 2 fully saturated rings. The number of carbonyl (C=O) groups is 1. The molecule has 11 heteroatoms. The molecule has 3 aromatic rings. The van der Waals surface area contributed by atoms with Gasteiger partial charge in [-0.3, -0.25) is 4.79 Å². The molecular weight excluding hydrogens is 406 g/mol. The summed E-state index contributed by atoms with van der Waals surface area (Å²) in [5.41, 5.74) is 0.674. The second-order valence-electron chi connectivity index (χ2n) is 7.99. The van der Waals surface area contributed by atoms with Crippen molar-refractivity contribution >= 4 is 28.6 Å². The molecule has 1 spiro atoms. The number of nitrogens with zero attached hydrogens (tertiary/aromatic N) is 7. The highest BCUT2D eigenvalue weighted by Crippen LogP contribution is 2.61. The smallest absolute Gasteiger partial charge is 0.270 e. The molecule has 0 atom stereocenters. The van der Waals surface area contributed by atoms with Crippen LogP contribution in [0.4, 0.5) is 20.3 Å². The Hall–Kier alpha value is -3.68. The fourth-order valence-corrected chi connectivity index (χ4v) is 3.96. The number of halogens is 2. The van der Waals surface area contributed by atoms with Crippen LogP contribution in [-0.2, 0) is 11.3 Å². The molecule has 3 aromatic heterocycles. The lowest BCUT2D eigenvalue weighted by atomic mass is 9.89. The Morgan fingerprint density at radius 2 is 2.03 bits per heavy atom. The Labute approximate surface area is 175 Å². The van der Waals surface area contributed by atoms with E-state index in [1.165, 1.54) is 29.3 Å². The molecule has 0 bridgehead atoms.